The number of halogens is 1. The van der Waals surface area contributed by atoms with Crippen molar-refractivity contribution in [2.24, 2.45) is 7.05 Å². The average molecular weight is 300 g/mol. The molecule has 2 rings (SSSR count). The van der Waals surface area contributed by atoms with Crippen LogP contribution in [0.5, 0.6) is 0 Å². The maximum atomic E-state index is 4.13. The molecule has 0 atom stereocenters. The number of hydrogen-bond donors (Lipinski definition) is 1. The highest BCUT2D eigenvalue weighted by Gasteiger charge is 1.98. The lowest BCUT2D eigenvalue weighted by Gasteiger charge is -2.00. The molecule has 0 unspecified atom stereocenters. The molecular weight excluding hydrogens is 286 g/mol. The largest absolute Gasteiger partial charge is 0.312 e. The number of hydrogen-bond acceptors (Lipinski definition) is 3. The molecule has 0 aliphatic heterocycles. The van der Waals surface area contributed by atoms with Gasteiger partial charge in [0, 0.05) is 36.8 Å². The molecule has 0 radical (unpaired) electrons. The van der Waals surface area contributed by atoms with E-state index in [2.05, 4.69) is 38.5 Å². The normalized spacial score (nSPS) is 10.9. The summed E-state index contributed by atoms with van der Waals surface area (Å²) >= 11 is 5.27. The first-order chi connectivity index (χ1) is 7.74. The number of thiophene rings is 1. The molecular formula is C11H14BrN3S. The van der Waals surface area contributed by atoms with Gasteiger partial charge in [-0.3, -0.25) is 4.68 Å². The zero-order valence-corrected chi connectivity index (χ0v) is 11.5. The standard InChI is InChI=1S/C11H14BrN3S/c1-15-8-9(7-14-15)6-13-5-4-10-2-3-11(12)16-10/h2-3,7-8,13H,4-6H2,1H3. The summed E-state index contributed by atoms with van der Waals surface area (Å²) in [5.74, 6) is 0. The molecule has 3 nitrogen and oxygen atoms in total. The van der Waals surface area contributed by atoms with Crippen LogP contribution in [0.25, 0.3) is 0 Å². The van der Waals surface area contributed by atoms with E-state index in [9.17, 15) is 0 Å². The van der Waals surface area contributed by atoms with E-state index in [1.54, 1.807) is 11.3 Å². The maximum Gasteiger partial charge on any atom is 0.0701 e. The van der Waals surface area contributed by atoms with Crippen molar-refractivity contribution in [3.8, 4) is 0 Å². The van der Waals surface area contributed by atoms with E-state index in [0.717, 1.165) is 19.5 Å². The monoisotopic (exact) mass is 299 g/mol. The van der Waals surface area contributed by atoms with E-state index in [1.165, 1.54) is 14.2 Å². The first-order valence-corrected chi connectivity index (χ1v) is 6.77. The van der Waals surface area contributed by atoms with Gasteiger partial charge in [-0.2, -0.15) is 5.10 Å². The Morgan fingerprint density at radius 2 is 2.38 bits per heavy atom. The van der Waals surface area contributed by atoms with Gasteiger partial charge >= 0.3 is 0 Å². The zero-order chi connectivity index (χ0) is 11.4. The van der Waals surface area contributed by atoms with E-state index in [1.807, 2.05) is 24.1 Å². The summed E-state index contributed by atoms with van der Waals surface area (Å²) in [7, 11) is 1.94. The van der Waals surface area contributed by atoms with Crippen molar-refractivity contribution in [1.82, 2.24) is 15.1 Å². The maximum absolute atomic E-state index is 4.13. The minimum atomic E-state index is 0.889. The molecule has 1 N–H and O–H groups in total. The van der Waals surface area contributed by atoms with Gasteiger partial charge in [-0.15, -0.1) is 11.3 Å². The number of rotatable bonds is 5. The van der Waals surface area contributed by atoms with Gasteiger partial charge in [0.15, 0.2) is 0 Å². The Balaban J connectivity index is 1.69. The second-order valence-electron chi connectivity index (χ2n) is 3.65. The van der Waals surface area contributed by atoms with Crippen LogP contribution in [-0.2, 0) is 20.0 Å². The molecule has 0 bridgehead atoms. The molecule has 0 aliphatic rings. The lowest BCUT2D eigenvalue weighted by Crippen LogP contribution is -2.15. The molecule has 2 aromatic rings. The Hall–Kier alpha value is -0.650. The van der Waals surface area contributed by atoms with Crippen LogP contribution in [0.3, 0.4) is 0 Å². The first kappa shape index (κ1) is 11.8. The van der Waals surface area contributed by atoms with Gasteiger partial charge in [0.25, 0.3) is 0 Å². The predicted octanol–water partition coefficient (Wildman–Crippen LogP) is 2.58. The highest BCUT2D eigenvalue weighted by atomic mass is 79.9. The summed E-state index contributed by atoms with van der Waals surface area (Å²) in [4.78, 5) is 1.41. The van der Waals surface area contributed by atoms with Crippen molar-refractivity contribution < 1.29 is 0 Å². The minimum Gasteiger partial charge on any atom is -0.312 e. The number of nitrogens with zero attached hydrogens (tertiary/aromatic N) is 2. The third-order valence-corrected chi connectivity index (χ3v) is 3.95. The highest BCUT2D eigenvalue weighted by molar-refractivity contribution is 9.11. The second kappa shape index (κ2) is 5.61. The van der Waals surface area contributed by atoms with Crippen molar-refractivity contribution in [2.75, 3.05) is 6.54 Å². The highest BCUT2D eigenvalue weighted by Crippen LogP contribution is 2.21. The van der Waals surface area contributed by atoms with Gasteiger partial charge in [-0.05, 0) is 34.5 Å². The van der Waals surface area contributed by atoms with Crippen LogP contribution in [0.4, 0.5) is 0 Å². The predicted molar refractivity (Wildman–Crippen MR) is 70.6 cm³/mol. The fraction of sp³-hybridized carbons (Fsp3) is 0.364. The molecule has 5 heteroatoms. The summed E-state index contributed by atoms with van der Waals surface area (Å²) in [6, 6.07) is 4.27. The van der Waals surface area contributed by atoms with E-state index in [-0.39, 0.29) is 0 Å². The van der Waals surface area contributed by atoms with Gasteiger partial charge in [-0.1, -0.05) is 0 Å². The SMILES string of the molecule is Cn1cc(CNCCc2ccc(Br)s2)cn1. The topological polar surface area (TPSA) is 29.9 Å². The fourth-order valence-electron chi connectivity index (χ4n) is 1.49. The number of nitrogens with one attached hydrogen (secondary N) is 1. The molecule has 0 amide bonds. The summed E-state index contributed by atoms with van der Waals surface area (Å²) in [6.07, 6.45) is 5.01. The van der Waals surface area contributed by atoms with Gasteiger partial charge in [0.2, 0.25) is 0 Å². The smallest absolute Gasteiger partial charge is 0.0701 e. The van der Waals surface area contributed by atoms with Crippen LogP contribution >= 0.6 is 27.3 Å². The molecule has 0 fully saturated rings. The van der Waals surface area contributed by atoms with Crippen molar-refractivity contribution in [3.63, 3.8) is 0 Å². The quantitative estimate of drug-likeness (QED) is 0.860. The second-order valence-corrected chi connectivity index (χ2v) is 6.20. The molecule has 16 heavy (non-hydrogen) atoms. The zero-order valence-electron chi connectivity index (χ0n) is 9.11. The molecule has 0 aromatic carbocycles. The minimum absolute atomic E-state index is 0.889. The molecule has 0 aliphatic carbocycles. The number of aryl methyl sites for hydroxylation is 1. The summed E-state index contributed by atoms with van der Waals surface area (Å²) in [5, 5.41) is 7.54. The molecule has 0 saturated heterocycles. The summed E-state index contributed by atoms with van der Waals surface area (Å²) in [5.41, 5.74) is 1.23. The van der Waals surface area contributed by atoms with Crippen molar-refractivity contribution in [3.05, 3.63) is 38.8 Å². The fourth-order valence-corrected chi connectivity index (χ4v) is 2.98. The molecule has 86 valence electrons. The van der Waals surface area contributed by atoms with E-state index in [4.69, 9.17) is 0 Å². The van der Waals surface area contributed by atoms with Crippen LogP contribution in [0.15, 0.2) is 28.3 Å². The van der Waals surface area contributed by atoms with Gasteiger partial charge in [-0.25, -0.2) is 0 Å². The lowest BCUT2D eigenvalue weighted by atomic mass is 10.3. The van der Waals surface area contributed by atoms with E-state index < -0.39 is 0 Å². The van der Waals surface area contributed by atoms with Crippen LogP contribution < -0.4 is 5.32 Å². The van der Waals surface area contributed by atoms with Crippen molar-refractivity contribution in [1.29, 1.82) is 0 Å². The Morgan fingerprint density at radius 1 is 1.50 bits per heavy atom. The first-order valence-electron chi connectivity index (χ1n) is 5.16. The Morgan fingerprint density at radius 3 is 3.00 bits per heavy atom. The van der Waals surface area contributed by atoms with E-state index >= 15 is 0 Å². The van der Waals surface area contributed by atoms with Crippen molar-refractivity contribution >= 4 is 27.3 Å². The average Bonchev–Trinajstić information content (AvgIpc) is 2.83. The van der Waals surface area contributed by atoms with Crippen LogP contribution in [0, 0.1) is 0 Å². The van der Waals surface area contributed by atoms with Gasteiger partial charge in [0.05, 0.1) is 9.98 Å². The summed E-state index contributed by atoms with van der Waals surface area (Å²) in [6.45, 7) is 1.89. The van der Waals surface area contributed by atoms with Gasteiger partial charge in [0.1, 0.15) is 0 Å². The summed E-state index contributed by atoms with van der Waals surface area (Å²) < 4.78 is 3.03. The van der Waals surface area contributed by atoms with Crippen LogP contribution in [-0.4, -0.2) is 16.3 Å². The number of aromatic nitrogens is 2. The lowest BCUT2D eigenvalue weighted by molar-refractivity contribution is 0.689. The van der Waals surface area contributed by atoms with Crippen LogP contribution in [0.2, 0.25) is 0 Å². The molecule has 2 aromatic heterocycles. The van der Waals surface area contributed by atoms with Crippen molar-refractivity contribution in [2.45, 2.75) is 13.0 Å². The Bertz CT molecular complexity index is 407. The molecule has 0 spiro atoms. The van der Waals surface area contributed by atoms with Gasteiger partial charge < -0.3 is 5.32 Å². The molecule has 0 saturated carbocycles. The van der Waals surface area contributed by atoms with E-state index in [0.29, 0.717) is 0 Å². The molecule has 2 heterocycles. The Labute approximate surface area is 108 Å². The van der Waals surface area contributed by atoms with Crippen LogP contribution in [0.1, 0.15) is 10.4 Å². The Kier molecular flexibility index (Phi) is 4.15. The third-order valence-electron chi connectivity index (χ3n) is 2.26. The third kappa shape index (κ3) is 3.43.